The third kappa shape index (κ3) is 2.77. The molecule has 122 valence electrons. The largest absolute Gasteiger partial charge is 0.475 e. The molecule has 8 heteroatoms. The van der Waals surface area contributed by atoms with E-state index in [2.05, 4.69) is 15.1 Å². The number of aliphatic hydroxyl groups excluding tert-OH is 1. The van der Waals surface area contributed by atoms with Crippen molar-refractivity contribution in [2.45, 2.75) is 43.4 Å². The van der Waals surface area contributed by atoms with Gasteiger partial charge in [-0.05, 0) is 32.2 Å². The number of halogens is 3. The van der Waals surface area contributed by atoms with E-state index in [9.17, 15) is 18.3 Å². The van der Waals surface area contributed by atoms with Crippen LogP contribution in [0.4, 0.5) is 13.2 Å². The van der Waals surface area contributed by atoms with E-state index < -0.39 is 11.7 Å². The van der Waals surface area contributed by atoms with Crippen molar-refractivity contribution in [2.75, 3.05) is 19.8 Å². The van der Waals surface area contributed by atoms with Crippen molar-refractivity contribution in [2.24, 2.45) is 0 Å². The van der Waals surface area contributed by atoms with Crippen molar-refractivity contribution in [1.29, 1.82) is 0 Å². The molecular weight excluding hydrogens is 299 g/mol. The second-order valence-electron chi connectivity index (χ2n) is 5.96. The van der Waals surface area contributed by atoms with Gasteiger partial charge in [0.1, 0.15) is 6.61 Å². The molecule has 2 aliphatic rings. The molecule has 2 fully saturated rings. The summed E-state index contributed by atoms with van der Waals surface area (Å²) in [5.41, 5.74) is -1.03. The second kappa shape index (κ2) is 5.66. The highest BCUT2D eigenvalue weighted by atomic mass is 19.4. The molecule has 3 heterocycles. The minimum Gasteiger partial charge on any atom is -0.475 e. The van der Waals surface area contributed by atoms with Gasteiger partial charge in [0.05, 0.1) is 18.4 Å². The normalized spacial score (nSPS) is 28.8. The van der Waals surface area contributed by atoms with Crippen LogP contribution in [-0.4, -0.2) is 51.5 Å². The zero-order chi connectivity index (χ0) is 15.8. The van der Waals surface area contributed by atoms with E-state index >= 15 is 0 Å². The Morgan fingerprint density at radius 3 is 2.95 bits per heavy atom. The van der Waals surface area contributed by atoms with Gasteiger partial charge >= 0.3 is 6.18 Å². The topological polar surface area (TPSA) is 58.5 Å². The quantitative estimate of drug-likeness (QED) is 0.918. The molecule has 0 radical (unpaired) electrons. The second-order valence-corrected chi connectivity index (χ2v) is 5.96. The van der Waals surface area contributed by atoms with Gasteiger partial charge in [-0.15, -0.1) is 5.10 Å². The molecule has 0 bridgehead atoms. The van der Waals surface area contributed by atoms with Crippen LogP contribution in [0.15, 0.2) is 12.3 Å². The molecule has 0 saturated carbocycles. The Balaban J connectivity index is 1.64. The molecule has 1 aromatic heterocycles. The molecule has 2 atom stereocenters. The molecule has 3 rings (SSSR count). The van der Waals surface area contributed by atoms with E-state index in [-0.39, 0.29) is 30.7 Å². The predicted octanol–water partition coefficient (Wildman–Crippen LogP) is 1.86. The highest BCUT2D eigenvalue weighted by Gasteiger charge is 2.48. The van der Waals surface area contributed by atoms with Gasteiger partial charge in [-0.2, -0.15) is 18.3 Å². The Morgan fingerprint density at radius 1 is 1.41 bits per heavy atom. The summed E-state index contributed by atoms with van der Waals surface area (Å²) in [5.74, 6) is -0.115. The van der Waals surface area contributed by atoms with Crippen molar-refractivity contribution in [3.8, 4) is 5.88 Å². The predicted molar refractivity (Wildman–Crippen MR) is 71.3 cm³/mol. The Labute approximate surface area is 126 Å². The number of nitrogens with zero attached hydrogens (tertiary/aromatic N) is 3. The van der Waals surface area contributed by atoms with Crippen LogP contribution in [0.5, 0.6) is 5.88 Å². The first-order chi connectivity index (χ1) is 10.4. The van der Waals surface area contributed by atoms with Gasteiger partial charge in [-0.25, -0.2) is 0 Å². The van der Waals surface area contributed by atoms with Crippen LogP contribution < -0.4 is 4.74 Å². The zero-order valence-electron chi connectivity index (χ0n) is 12.0. The summed E-state index contributed by atoms with van der Waals surface area (Å²) in [6.45, 7) is 1.27. The molecule has 2 unspecified atom stereocenters. The first-order valence-electron chi connectivity index (χ1n) is 7.35. The maximum atomic E-state index is 12.6. The Hall–Kier alpha value is -1.41. The van der Waals surface area contributed by atoms with Gasteiger partial charge in [0.15, 0.2) is 0 Å². The number of hydrogen-bond acceptors (Lipinski definition) is 5. The Morgan fingerprint density at radius 2 is 2.23 bits per heavy atom. The van der Waals surface area contributed by atoms with Gasteiger partial charge in [0, 0.05) is 17.6 Å². The van der Waals surface area contributed by atoms with Crippen molar-refractivity contribution in [3.05, 3.63) is 17.8 Å². The SMILES string of the molecule is OCC12CCCN1C(COc1cc(C(F)(F)F)cnn1)CC2. The van der Waals surface area contributed by atoms with Gasteiger partial charge in [-0.1, -0.05) is 0 Å². The smallest absolute Gasteiger partial charge is 0.418 e. The minimum atomic E-state index is -4.46. The molecule has 22 heavy (non-hydrogen) atoms. The molecule has 0 spiro atoms. The maximum absolute atomic E-state index is 12.6. The highest BCUT2D eigenvalue weighted by molar-refractivity contribution is 5.19. The molecule has 1 aromatic rings. The molecule has 5 nitrogen and oxygen atoms in total. The molecule has 0 aromatic carbocycles. The standard InChI is InChI=1S/C14H18F3N3O2/c15-14(16,17)10-6-12(19-18-7-10)22-8-11-2-4-13(9-21)3-1-5-20(11)13/h6-7,11,21H,1-5,8-9H2. The van der Waals surface area contributed by atoms with Crippen molar-refractivity contribution < 1.29 is 23.0 Å². The lowest BCUT2D eigenvalue weighted by molar-refractivity contribution is -0.138. The van der Waals surface area contributed by atoms with E-state index in [1.54, 1.807) is 0 Å². The van der Waals surface area contributed by atoms with E-state index in [1.807, 2.05) is 0 Å². The third-order valence-corrected chi connectivity index (χ3v) is 4.71. The summed E-state index contributed by atoms with van der Waals surface area (Å²) in [6, 6.07) is 0.969. The summed E-state index contributed by atoms with van der Waals surface area (Å²) < 4.78 is 43.3. The van der Waals surface area contributed by atoms with Gasteiger partial charge in [0.25, 0.3) is 0 Å². The van der Waals surface area contributed by atoms with Gasteiger partial charge in [0.2, 0.25) is 5.88 Å². The average molecular weight is 317 g/mol. The van der Waals surface area contributed by atoms with E-state index in [0.29, 0.717) is 6.20 Å². The first-order valence-corrected chi connectivity index (χ1v) is 7.35. The van der Waals surface area contributed by atoms with Crippen LogP contribution in [0.3, 0.4) is 0 Å². The Kier molecular flexibility index (Phi) is 3.98. The van der Waals surface area contributed by atoms with Crippen LogP contribution in [-0.2, 0) is 6.18 Å². The lowest BCUT2D eigenvalue weighted by atomic mass is 9.95. The first kappa shape index (κ1) is 15.5. The van der Waals surface area contributed by atoms with Crippen LogP contribution >= 0.6 is 0 Å². The fourth-order valence-corrected chi connectivity index (χ4v) is 3.57. The number of aromatic nitrogens is 2. The van der Waals surface area contributed by atoms with E-state index in [4.69, 9.17) is 4.74 Å². The summed E-state index contributed by atoms with van der Waals surface area (Å²) in [4.78, 5) is 2.23. The monoisotopic (exact) mass is 317 g/mol. The zero-order valence-corrected chi connectivity index (χ0v) is 12.0. The van der Waals surface area contributed by atoms with Crippen LogP contribution in [0.25, 0.3) is 0 Å². The van der Waals surface area contributed by atoms with Gasteiger partial charge in [-0.3, -0.25) is 4.90 Å². The van der Waals surface area contributed by atoms with Crippen molar-refractivity contribution >= 4 is 0 Å². The summed E-state index contributed by atoms with van der Waals surface area (Å²) in [6.07, 6.45) is -0.0232. The number of alkyl halides is 3. The molecule has 2 saturated heterocycles. The molecule has 2 aliphatic heterocycles. The highest BCUT2D eigenvalue weighted by Crippen LogP contribution is 2.42. The van der Waals surface area contributed by atoms with Crippen LogP contribution in [0.2, 0.25) is 0 Å². The fraction of sp³-hybridized carbons (Fsp3) is 0.714. The number of hydrogen-bond donors (Lipinski definition) is 1. The summed E-state index contributed by atoms with van der Waals surface area (Å²) in [7, 11) is 0. The lowest BCUT2D eigenvalue weighted by Gasteiger charge is -2.33. The number of aliphatic hydroxyl groups is 1. The number of ether oxygens (including phenoxy) is 1. The van der Waals surface area contributed by atoms with E-state index in [1.165, 1.54) is 0 Å². The summed E-state index contributed by atoms with van der Waals surface area (Å²) in [5, 5.41) is 16.6. The number of rotatable bonds is 4. The van der Waals surface area contributed by atoms with E-state index in [0.717, 1.165) is 38.3 Å². The molecule has 0 amide bonds. The third-order valence-electron chi connectivity index (χ3n) is 4.71. The van der Waals surface area contributed by atoms with Gasteiger partial charge < -0.3 is 9.84 Å². The van der Waals surface area contributed by atoms with Crippen molar-refractivity contribution in [1.82, 2.24) is 15.1 Å². The molecule has 1 N–H and O–H groups in total. The molecule has 0 aliphatic carbocycles. The molecular formula is C14H18F3N3O2. The minimum absolute atomic E-state index is 0.103. The fourth-order valence-electron chi connectivity index (χ4n) is 3.57. The number of fused-ring (bicyclic) bond motifs is 1. The Bertz CT molecular complexity index is 540. The average Bonchev–Trinajstić information content (AvgIpc) is 3.04. The maximum Gasteiger partial charge on any atom is 0.418 e. The van der Waals surface area contributed by atoms with Crippen molar-refractivity contribution in [3.63, 3.8) is 0 Å². The summed E-state index contributed by atoms with van der Waals surface area (Å²) >= 11 is 0. The lowest BCUT2D eigenvalue weighted by Crippen LogP contribution is -2.46. The van der Waals surface area contributed by atoms with Crippen LogP contribution in [0.1, 0.15) is 31.2 Å². The van der Waals surface area contributed by atoms with Crippen LogP contribution in [0, 0.1) is 0 Å².